The van der Waals surface area contributed by atoms with Crippen molar-refractivity contribution in [2.45, 2.75) is 51.0 Å². The lowest BCUT2D eigenvalue weighted by molar-refractivity contribution is -0.166. The lowest BCUT2D eigenvalue weighted by Gasteiger charge is -2.29. The van der Waals surface area contributed by atoms with Crippen molar-refractivity contribution in [3.8, 4) is 0 Å². The molecule has 0 heterocycles. The molecule has 0 amide bonds. The zero-order chi connectivity index (χ0) is 13.9. The summed E-state index contributed by atoms with van der Waals surface area (Å²) in [5.74, 6) is -0.111. The molecule has 0 aromatic heterocycles. The van der Waals surface area contributed by atoms with Crippen molar-refractivity contribution in [1.29, 1.82) is 0 Å². The first-order valence-electron chi connectivity index (χ1n) is 8.06. The van der Waals surface area contributed by atoms with Crippen LogP contribution in [0.3, 0.4) is 0 Å². The van der Waals surface area contributed by atoms with Gasteiger partial charge in [0, 0.05) is 0 Å². The number of carboxylic acid groups (broad SMARTS) is 1. The van der Waals surface area contributed by atoms with Crippen LogP contribution in [0.15, 0.2) is 0 Å². The van der Waals surface area contributed by atoms with E-state index >= 15 is 0 Å². The Balaban J connectivity index is 1.46. The summed E-state index contributed by atoms with van der Waals surface area (Å²) in [7, 11) is 0. The first kappa shape index (κ1) is 12.7. The molecule has 4 aliphatic rings. The molecule has 0 aromatic carbocycles. The zero-order valence-corrected chi connectivity index (χ0v) is 11.7. The largest absolute Gasteiger partial charge is 0.481 e. The summed E-state index contributed by atoms with van der Waals surface area (Å²) in [6, 6.07) is 0. The molecule has 4 nitrogen and oxygen atoms in total. The lowest BCUT2D eigenvalue weighted by Crippen LogP contribution is -2.38. The fourth-order valence-corrected chi connectivity index (χ4v) is 5.54. The van der Waals surface area contributed by atoms with Crippen LogP contribution in [-0.2, 0) is 14.3 Å². The highest BCUT2D eigenvalue weighted by molar-refractivity contribution is 5.83. The van der Waals surface area contributed by atoms with Crippen LogP contribution in [0, 0.1) is 35.5 Å². The predicted octanol–water partition coefficient (Wildman–Crippen LogP) is 2.47. The molecule has 0 aromatic rings. The number of hydrogen-bond donors (Lipinski definition) is 1. The molecule has 0 saturated heterocycles. The third kappa shape index (κ3) is 1.80. The molecule has 20 heavy (non-hydrogen) atoms. The molecule has 7 unspecified atom stereocenters. The average Bonchev–Trinajstić information content (AvgIpc) is 3.16. The van der Waals surface area contributed by atoms with Crippen molar-refractivity contribution in [2.24, 2.45) is 35.5 Å². The van der Waals surface area contributed by atoms with Gasteiger partial charge in [-0.2, -0.15) is 0 Å². The average molecular weight is 278 g/mol. The van der Waals surface area contributed by atoms with Crippen LogP contribution >= 0.6 is 0 Å². The van der Waals surface area contributed by atoms with Gasteiger partial charge in [-0.15, -0.1) is 0 Å². The molecule has 4 rings (SSSR count). The molecule has 0 spiro atoms. The van der Waals surface area contributed by atoms with Gasteiger partial charge in [0.25, 0.3) is 0 Å². The maximum absolute atomic E-state index is 12.5. The second kappa shape index (κ2) is 4.47. The van der Waals surface area contributed by atoms with Gasteiger partial charge in [-0.1, -0.05) is 0 Å². The van der Waals surface area contributed by atoms with Crippen LogP contribution in [0.1, 0.15) is 44.9 Å². The highest BCUT2D eigenvalue weighted by Crippen LogP contribution is 2.53. The summed E-state index contributed by atoms with van der Waals surface area (Å²) in [6.45, 7) is 0. The summed E-state index contributed by atoms with van der Waals surface area (Å²) >= 11 is 0. The first-order valence-corrected chi connectivity index (χ1v) is 8.06. The number of carbonyl (C=O) groups excluding carboxylic acids is 1. The van der Waals surface area contributed by atoms with Gasteiger partial charge in [-0.3, -0.25) is 9.59 Å². The number of carboxylic acids is 1. The van der Waals surface area contributed by atoms with E-state index in [9.17, 15) is 14.7 Å². The first-order chi connectivity index (χ1) is 9.63. The van der Waals surface area contributed by atoms with Gasteiger partial charge in [-0.25, -0.2) is 0 Å². The molecule has 110 valence electrons. The summed E-state index contributed by atoms with van der Waals surface area (Å²) < 4.78 is 5.76. The Morgan fingerprint density at radius 1 is 0.850 bits per heavy atom. The van der Waals surface area contributed by atoms with Crippen LogP contribution in [0.25, 0.3) is 0 Å². The minimum Gasteiger partial charge on any atom is -0.481 e. The maximum Gasteiger partial charge on any atom is 0.310 e. The van der Waals surface area contributed by atoms with Gasteiger partial charge in [0.05, 0.1) is 11.8 Å². The second-order valence-electron chi connectivity index (χ2n) is 7.37. The highest BCUT2D eigenvalue weighted by Gasteiger charge is 2.55. The zero-order valence-electron chi connectivity index (χ0n) is 11.7. The van der Waals surface area contributed by atoms with E-state index in [0.29, 0.717) is 5.92 Å². The Hall–Kier alpha value is -1.06. The SMILES string of the molecule is O=C(O)C1C2CCC(C2)C1C(=O)OC1CC2CCC1C2. The Morgan fingerprint density at radius 2 is 1.55 bits per heavy atom. The standard InChI is InChI=1S/C16H22O4/c17-15(18)13-10-3-4-11(7-10)14(13)16(19)20-12-6-8-1-2-9(12)5-8/h8-14H,1-7H2,(H,17,18). The van der Waals surface area contributed by atoms with E-state index in [0.717, 1.165) is 31.6 Å². The van der Waals surface area contributed by atoms with Crippen molar-refractivity contribution in [3.63, 3.8) is 0 Å². The van der Waals surface area contributed by atoms with Gasteiger partial charge in [0.15, 0.2) is 0 Å². The van der Waals surface area contributed by atoms with Crippen LogP contribution in [0.4, 0.5) is 0 Å². The van der Waals surface area contributed by atoms with E-state index in [-0.39, 0.29) is 29.8 Å². The number of hydrogen-bond acceptors (Lipinski definition) is 3. The molecular formula is C16H22O4. The molecule has 1 N–H and O–H groups in total. The van der Waals surface area contributed by atoms with Crippen molar-refractivity contribution in [2.75, 3.05) is 0 Å². The lowest BCUT2D eigenvalue weighted by atomic mass is 9.79. The van der Waals surface area contributed by atoms with Crippen molar-refractivity contribution in [1.82, 2.24) is 0 Å². The van der Waals surface area contributed by atoms with Gasteiger partial charge in [0.1, 0.15) is 6.10 Å². The molecule has 0 aliphatic heterocycles. The van der Waals surface area contributed by atoms with Gasteiger partial charge in [-0.05, 0) is 68.6 Å². The Bertz CT molecular complexity index is 446. The van der Waals surface area contributed by atoms with E-state index in [4.69, 9.17) is 4.74 Å². The van der Waals surface area contributed by atoms with Crippen molar-refractivity contribution in [3.05, 3.63) is 0 Å². The summed E-state index contributed by atoms with van der Waals surface area (Å²) in [4.78, 5) is 24.0. The monoisotopic (exact) mass is 278 g/mol. The third-order valence-electron chi connectivity index (χ3n) is 6.41. The number of aliphatic carboxylic acids is 1. The van der Waals surface area contributed by atoms with Gasteiger partial charge < -0.3 is 9.84 Å². The predicted molar refractivity (Wildman–Crippen MR) is 70.8 cm³/mol. The number of esters is 1. The molecule has 4 heteroatoms. The summed E-state index contributed by atoms with van der Waals surface area (Å²) in [5, 5.41) is 9.41. The van der Waals surface area contributed by atoms with E-state index in [1.165, 1.54) is 19.3 Å². The van der Waals surface area contributed by atoms with Crippen LogP contribution in [-0.4, -0.2) is 23.1 Å². The van der Waals surface area contributed by atoms with Gasteiger partial charge in [0.2, 0.25) is 0 Å². The molecule has 7 atom stereocenters. The minimum absolute atomic E-state index is 0.0785. The van der Waals surface area contributed by atoms with E-state index < -0.39 is 11.9 Å². The molecule has 4 bridgehead atoms. The van der Waals surface area contributed by atoms with Crippen LogP contribution < -0.4 is 0 Å². The quantitative estimate of drug-likeness (QED) is 0.805. The van der Waals surface area contributed by atoms with E-state index in [1.54, 1.807) is 0 Å². The smallest absolute Gasteiger partial charge is 0.310 e. The van der Waals surface area contributed by atoms with E-state index in [2.05, 4.69) is 0 Å². The van der Waals surface area contributed by atoms with Gasteiger partial charge >= 0.3 is 11.9 Å². The fourth-order valence-electron chi connectivity index (χ4n) is 5.54. The molecular weight excluding hydrogens is 256 g/mol. The fraction of sp³-hybridized carbons (Fsp3) is 0.875. The third-order valence-corrected chi connectivity index (χ3v) is 6.41. The van der Waals surface area contributed by atoms with Crippen LogP contribution in [0.5, 0.6) is 0 Å². The molecule has 0 radical (unpaired) electrons. The summed E-state index contributed by atoms with van der Waals surface area (Å²) in [6.07, 6.45) is 7.64. The Labute approximate surface area is 118 Å². The normalized spacial score (nSPS) is 48.7. The second-order valence-corrected chi connectivity index (χ2v) is 7.37. The topological polar surface area (TPSA) is 63.6 Å². The number of rotatable bonds is 3. The van der Waals surface area contributed by atoms with Crippen molar-refractivity contribution >= 4 is 11.9 Å². The Kier molecular flexibility index (Phi) is 2.83. The molecule has 4 fully saturated rings. The van der Waals surface area contributed by atoms with Crippen molar-refractivity contribution < 1.29 is 19.4 Å². The number of carbonyl (C=O) groups is 2. The molecule has 4 saturated carbocycles. The maximum atomic E-state index is 12.5. The number of ether oxygens (including phenoxy) is 1. The molecule has 4 aliphatic carbocycles. The highest BCUT2D eigenvalue weighted by atomic mass is 16.5. The number of fused-ring (bicyclic) bond motifs is 4. The summed E-state index contributed by atoms with van der Waals surface area (Å²) in [5.41, 5.74) is 0. The minimum atomic E-state index is -0.799. The Morgan fingerprint density at radius 3 is 2.15 bits per heavy atom. The van der Waals surface area contributed by atoms with E-state index in [1.807, 2.05) is 0 Å². The van der Waals surface area contributed by atoms with Crippen LogP contribution in [0.2, 0.25) is 0 Å².